The first-order chi connectivity index (χ1) is 11.6. The minimum Gasteiger partial charge on any atom is -0.495 e. The van der Waals surface area contributed by atoms with Gasteiger partial charge in [-0.25, -0.2) is 0 Å². The van der Waals surface area contributed by atoms with Gasteiger partial charge in [0, 0.05) is 31.5 Å². The van der Waals surface area contributed by atoms with E-state index in [0.29, 0.717) is 40.9 Å². The summed E-state index contributed by atoms with van der Waals surface area (Å²) in [4.78, 5) is 16.2. The number of halogens is 1. The summed E-state index contributed by atoms with van der Waals surface area (Å²) in [5, 5.41) is 6.57. The third kappa shape index (κ3) is 5.11. The Hall–Kier alpha value is -2.31. The van der Waals surface area contributed by atoms with Crippen molar-refractivity contribution in [2.45, 2.75) is 6.42 Å². The molecule has 7 heteroatoms. The molecule has 1 aromatic carbocycles. The molecule has 0 unspecified atom stereocenters. The molecule has 1 heterocycles. The number of hydrogen-bond donors (Lipinski definition) is 2. The van der Waals surface area contributed by atoms with Crippen LogP contribution in [0.25, 0.3) is 0 Å². The molecule has 0 saturated carbocycles. The van der Waals surface area contributed by atoms with Crippen LogP contribution in [0.15, 0.2) is 36.7 Å². The number of hydrogen-bond acceptors (Lipinski definition) is 5. The van der Waals surface area contributed by atoms with Gasteiger partial charge < -0.3 is 20.1 Å². The molecule has 128 valence electrons. The lowest BCUT2D eigenvalue weighted by Gasteiger charge is -2.12. The number of benzene rings is 1. The smallest absolute Gasteiger partial charge is 0.252 e. The highest BCUT2D eigenvalue weighted by atomic mass is 35.5. The standard InChI is InChI=1S/C17H20ClN3O3/c1-23-7-3-6-20-17(22)12-8-14(11-19-10-12)21-15-9-13(18)4-5-16(15)24-2/h4-5,8-11,21H,3,6-7H2,1-2H3,(H,20,22). The first-order valence-electron chi connectivity index (χ1n) is 7.47. The van der Waals surface area contributed by atoms with Crippen LogP contribution < -0.4 is 15.4 Å². The van der Waals surface area contributed by atoms with Crippen LogP contribution in [0.1, 0.15) is 16.8 Å². The van der Waals surface area contributed by atoms with Crippen LogP contribution in [0.4, 0.5) is 11.4 Å². The van der Waals surface area contributed by atoms with E-state index in [9.17, 15) is 4.79 Å². The van der Waals surface area contributed by atoms with Crippen molar-refractivity contribution in [1.29, 1.82) is 0 Å². The first kappa shape index (κ1) is 18.0. The molecular formula is C17H20ClN3O3. The van der Waals surface area contributed by atoms with Crippen LogP contribution in [0.2, 0.25) is 5.02 Å². The molecule has 0 atom stereocenters. The molecule has 1 amide bonds. The summed E-state index contributed by atoms with van der Waals surface area (Å²) in [6, 6.07) is 6.98. The molecule has 0 radical (unpaired) electrons. The SMILES string of the molecule is COCCCNC(=O)c1cncc(Nc2cc(Cl)ccc2OC)c1. The van der Waals surface area contributed by atoms with E-state index in [1.165, 1.54) is 6.20 Å². The van der Waals surface area contributed by atoms with Crippen molar-refractivity contribution in [3.8, 4) is 5.75 Å². The third-order valence-corrected chi connectivity index (χ3v) is 3.49. The Bertz CT molecular complexity index is 695. The molecule has 0 aliphatic rings. The summed E-state index contributed by atoms with van der Waals surface area (Å²) in [6.07, 6.45) is 3.90. The van der Waals surface area contributed by atoms with Crippen molar-refractivity contribution >= 4 is 28.9 Å². The predicted molar refractivity (Wildman–Crippen MR) is 94.3 cm³/mol. The quantitative estimate of drug-likeness (QED) is 0.716. The Kier molecular flexibility index (Phi) is 6.84. The topological polar surface area (TPSA) is 72.5 Å². The maximum atomic E-state index is 12.1. The maximum absolute atomic E-state index is 12.1. The highest BCUT2D eigenvalue weighted by Crippen LogP contribution is 2.30. The number of ether oxygens (including phenoxy) is 2. The lowest BCUT2D eigenvalue weighted by Crippen LogP contribution is -2.25. The molecule has 6 nitrogen and oxygen atoms in total. The number of nitrogens with one attached hydrogen (secondary N) is 2. The number of carbonyl (C=O) groups excluding carboxylic acids is 1. The fraction of sp³-hybridized carbons (Fsp3) is 0.294. The van der Waals surface area contributed by atoms with E-state index in [1.54, 1.807) is 44.7 Å². The highest BCUT2D eigenvalue weighted by molar-refractivity contribution is 6.31. The van der Waals surface area contributed by atoms with Crippen molar-refractivity contribution in [2.75, 3.05) is 32.7 Å². The summed E-state index contributed by atoms with van der Waals surface area (Å²) in [6.45, 7) is 1.15. The van der Waals surface area contributed by atoms with E-state index >= 15 is 0 Å². The Morgan fingerprint density at radius 1 is 1.25 bits per heavy atom. The lowest BCUT2D eigenvalue weighted by molar-refractivity contribution is 0.0948. The Morgan fingerprint density at radius 3 is 2.83 bits per heavy atom. The Labute approximate surface area is 146 Å². The van der Waals surface area contributed by atoms with E-state index in [2.05, 4.69) is 15.6 Å². The van der Waals surface area contributed by atoms with Gasteiger partial charge in [0.2, 0.25) is 0 Å². The molecular weight excluding hydrogens is 330 g/mol. The summed E-state index contributed by atoms with van der Waals surface area (Å²) < 4.78 is 10.2. The number of aromatic nitrogens is 1. The van der Waals surface area contributed by atoms with Gasteiger partial charge in [-0.2, -0.15) is 0 Å². The molecule has 1 aromatic heterocycles. The molecule has 0 saturated heterocycles. The van der Waals surface area contributed by atoms with E-state index in [-0.39, 0.29) is 5.91 Å². The van der Waals surface area contributed by atoms with Gasteiger partial charge in [0.15, 0.2) is 0 Å². The second-order valence-corrected chi connectivity index (χ2v) is 5.47. The largest absolute Gasteiger partial charge is 0.495 e. The van der Waals surface area contributed by atoms with Crippen LogP contribution in [0, 0.1) is 0 Å². The average molecular weight is 350 g/mol. The van der Waals surface area contributed by atoms with Crippen LogP contribution in [-0.2, 0) is 4.74 Å². The van der Waals surface area contributed by atoms with Gasteiger partial charge in [-0.3, -0.25) is 9.78 Å². The van der Waals surface area contributed by atoms with Crippen molar-refractivity contribution in [3.63, 3.8) is 0 Å². The van der Waals surface area contributed by atoms with Crippen molar-refractivity contribution in [3.05, 3.63) is 47.2 Å². The van der Waals surface area contributed by atoms with Gasteiger partial charge in [-0.15, -0.1) is 0 Å². The average Bonchev–Trinajstić information content (AvgIpc) is 2.59. The van der Waals surface area contributed by atoms with E-state index < -0.39 is 0 Å². The molecule has 2 rings (SSSR count). The van der Waals surface area contributed by atoms with Crippen molar-refractivity contribution < 1.29 is 14.3 Å². The minimum atomic E-state index is -0.180. The number of carbonyl (C=O) groups is 1. The number of amides is 1. The molecule has 0 bridgehead atoms. The van der Waals surface area contributed by atoms with E-state index in [1.807, 2.05) is 0 Å². The molecule has 0 fully saturated rings. The summed E-state index contributed by atoms with van der Waals surface area (Å²) >= 11 is 6.02. The van der Waals surface area contributed by atoms with E-state index in [4.69, 9.17) is 21.1 Å². The summed E-state index contributed by atoms with van der Waals surface area (Å²) in [5.74, 6) is 0.467. The molecule has 0 aliphatic heterocycles. The van der Waals surface area contributed by atoms with Gasteiger partial charge >= 0.3 is 0 Å². The number of pyridine rings is 1. The maximum Gasteiger partial charge on any atom is 0.252 e. The van der Waals surface area contributed by atoms with Crippen LogP contribution in [0.5, 0.6) is 5.75 Å². The van der Waals surface area contributed by atoms with Crippen LogP contribution in [-0.4, -0.2) is 38.3 Å². The molecule has 0 spiro atoms. The van der Waals surface area contributed by atoms with E-state index in [0.717, 1.165) is 6.42 Å². The van der Waals surface area contributed by atoms with Gasteiger partial charge in [0.05, 0.1) is 30.2 Å². The number of methoxy groups -OCH3 is 2. The number of anilines is 2. The zero-order valence-electron chi connectivity index (χ0n) is 13.6. The first-order valence-corrected chi connectivity index (χ1v) is 7.84. The Balaban J connectivity index is 2.07. The van der Waals surface area contributed by atoms with Gasteiger partial charge in [-0.1, -0.05) is 11.6 Å². The fourth-order valence-electron chi connectivity index (χ4n) is 2.09. The normalized spacial score (nSPS) is 10.3. The van der Waals surface area contributed by atoms with Gasteiger partial charge in [-0.05, 0) is 30.7 Å². The van der Waals surface area contributed by atoms with Gasteiger partial charge in [0.1, 0.15) is 5.75 Å². The van der Waals surface area contributed by atoms with Crippen LogP contribution >= 0.6 is 11.6 Å². The summed E-state index contributed by atoms with van der Waals surface area (Å²) in [7, 11) is 3.21. The number of nitrogens with zero attached hydrogens (tertiary/aromatic N) is 1. The zero-order valence-corrected chi connectivity index (χ0v) is 14.4. The second kappa shape index (κ2) is 9.10. The van der Waals surface area contributed by atoms with Gasteiger partial charge in [0.25, 0.3) is 5.91 Å². The lowest BCUT2D eigenvalue weighted by atomic mass is 10.2. The number of rotatable bonds is 8. The molecule has 0 aliphatic carbocycles. The predicted octanol–water partition coefficient (Wildman–Crippen LogP) is 3.25. The molecule has 2 aromatic rings. The minimum absolute atomic E-state index is 0.180. The monoisotopic (exact) mass is 349 g/mol. The highest BCUT2D eigenvalue weighted by Gasteiger charge is 2.09. The van der Waals surface area contributed by atoms with Crippen molar-refractivity contribution in [2.24, 2.45) is 0 Å². The molecule has 24 heavy (non-hydrogen) atoms. The summed E-state index contributed by atoms with van der Waals surface area (Å²) in [5.41, 5.74) is 1.84. The second-order valence-electron chi connectivity index (χ2n) is 5.03. The fourth-order valence-corrected chi connectivity index (χ4v) is 2.26. The molecule has 2 N–H and O–H groups in total. The third-order valence-electron chi connectivity index (χ3n) is 3.25. The Morgan fingerprint density at radius 2 is 2.08 bits per heavy atom. The van der Waals surface area contributed by atoms with Crippen LogP contribution in [0.3, 0.4) is 0 Å². The zero-order chi connectivity index (χ0) is 17.4. The van der Waals surface area contributed by atoms with Crippen molar-refractivity contribution in [1.82, 2.24) is 10.3 Å².